The maximum absolute atomic E-state index is 12.2. The second kappa shape index (κ2) is 8.51. The van der Waals surface area contributed by atoms with Crippen LogP contribution in [0, 0.1) is 5.92 Å². The van der Waals surface area contributed by atoms with E-state index in [-0.39, 0.29) is 10.2 Å². The summed E-state index contributed by atoms with van der Waals surface area (Å²) in [6.07, 6.45) is -0.270. The normalized spacial score (nSPS) is 13.0. The molecule has 120 valence electrons. The van der Waals surface area contributed by atoms with Gasteiger partial charge in [-0.3, -0.25) is 0 Å². The minimum atomic E-state index is -4.70. The number of rotatable bonds is 8. The van der Waals surface area contributed by atoms with Gasteiger partial charge in [0, 0.05) is 0 Å². The molecule has 0 aliphatic carbocycles. The largest absolute Gasteiger partial charge is 0.573 e. The molecule has 1 aromatic carbocycles. The van der Waals surface area contributed by atoms with Crippen molar-refractivity contribution < 1.29 is 22.6 Å². The molecule has 0 fully saturated rings. The van der Waals surface area contributed by atoms with E-state index in [4.69, 9.17) is 4.74 Å². The van der Waals surface area contributed by atoms with Gasteiger partial charge in [0.1, 0.15) is 11.5 Å². The Morgan fingerprint density at radius 3 is 2.48 bits per heavy atom. The van der Waals surface area contributed by atoms with Crippen LogP contribution in [0.3, 0.4) is 0 Å². The van der Waals surface area contributed by atoms with E-state index in [2.05, 4.69) is 34.5 Å². The number of hydrogen-bond donors (Lipinski definition) is 0. The average molecular weight is 369 g/mol. The van der Waals surface area contributed by atoms with Gasteiger partial charge in [-0.1, -0.05) is 33.1 Å². The molecule has 0 N–H and O–H groups in total. The van der Waals surface area contributed by atoms with Crippen LogP contribution < -0.4 is 9.47 Å². The Kier molecular flexibility index (Phi) is 7.35. The molecule has 0 aromatic heterocycles. The minimum absolute atomic E-state index is 0.221. The van der Waals surface area contributed by atoms with Gasteiger partial charge < -0.3 is 9.47 Å². The van der Waals surface area contributed by atoms with Crippen molar-refractivity contribution in [2.24, 2.45) is 5.92 Å². The van der Waals surface area contributed by atoms with Crippen molar-refractivity contribution in [1.82, 2.24) is 0 Å². The minimum Gasteiger partial charge on any atom is -0.493 e. The molecule has 0 saturated heterocycles. The molecule has 2 nitrogen and oxygen atoms in total. The maximum Gasteiger partial charge on any atom is 0.573 e. The van der Waals surface area contributed by atoms with Gasteiger partial charge in [0.05, 0.1) is 11.1 Å². The fraction of sp³-hybridized carbons (Fsp3) is 0.600. The molecule has 6 heteroatoms. The highest BCUT2D eigenvalue weighted by Gasteiger charge is 2.32. The highest BCUT2D eigenvalue weighted by Crippen LogP contribution is 2.33. The summed E-state index contributed by atoms with van der Waals surface area (Å²) in [6, 6.07) is 4.23. The predicted molar refractivity (Wildman–Crippen MR) is 79.6 cm³/mol. The molecule has 1 atom stereocenters. The molecule has 0 bridgehead atoms. The second-order valence-corrected chi connectivity index (χ2v) is 5.72. The van der Waals surface area contributed by atoms with Crippen molar-refractivity contribution in [3.05, 3.63) is 22.7 Å². The summed E-state index contributed by atoms with van der Waals surface area (Å²) < 4.78 is 46.3. The van der Waals surface area contributed by atoms with E-state index in [1.165, 1.54) is 18.2 Å². The Morgan fingerprint density at radius 2 is 1.95 bits per heavy atom. The molecule has 1 unspecified atom stereocenters. The Morgan fingerprint density at radius 1 is 1.24 bits per heavy atom. The summed E-state index contributed by atoms with van der Waals surface area (Å²) in [5.74, 6) is 0.731. The summed E-state index contributed by atoms with van der Waals surface area (Å²) >= 11 is 3.06. The summed E-state index contributed by atoms with van der Waals surface area (Å²) in [7, 11) is 0. The Hall–Kier alpha value is -0.910. The lowest BCUT2D eigenvalue weighted by Crippen LogP contribution is -2.17. The molecule has 0 amide bonds. The fourth-order valence-electron chi connectivity index (χ4n) is 1.89. The standard InChI is InChI=1S/C15H20BrF3O2/c1-3-5-6-11(4-2)10-20-12-7-8-14(13(16)9-12)21-15(17,18)19/h7-9,11H,3-6,10H2,1-2H3. The number of alkyl halides is 3. The SMILES string of the molecule is CCCCC(CC)COc1ccc(OC(F)(F)F)c(Br)c1. The quantitative estimate of drug-likeness (QED) is 0.564. The van der Waals surface area contributed by atoms with Crippen LogP contribution in [-0.4, -0.2) is 13.0 Å². The summed E-state index contributed by atoms with van der Waals surface area (Å²) in [5.41, 5.74) is 0. The van der Waals surface area contributed by atoms with Gasteiger partial charge in [0.25, 0.3) is 0 Å². The lowest BCUT2D eigenvalue weighted by atomic mass is 10.0. The first-order chi connectivity index (χ1) is 9.85. The molecule has 0 aliphatic rings. The summed E-state index contributed by atoms with van der Waals surface area (Å²) in [6.45, 7) is 4.83. The average Bonchev–Trinajstić information content (AvgIpc) is 2.40. The number of hydrogen-bond acceptors (Lipinski definition) is 2. The number of benzene rings is 1. The molecule has 0 radical (unpaired) electrons. The molecular formula is C15H20BrF3O2. The summed E-state index contributed by atoms with van der Waals surface area (Å²) in [5, 5.41) is 0. The molecule has 0 spiro atoms. The van der Waals surface area contributed by atoms with Crippen molar-refractivity contribution in [3.8, 4) is 11.5 Å². The van der Waals surface area contributed by atoms with Gasteiger partial charge in [0.15, 0.2) is 0 Å². The van der Waals surface area contributed by atoms with E-state index >= 15 is 0 Å². The molecule has 1 rings (SSSR count). The third-order valence-corrected chi connectivity index (χ3v) is 3.78. The van der Waals surface area contributed by atoms with Gasteiger partial charge in [0.2, 0.25) is 0 Å². The van der Waals surface area contributed by atoms with Gasteiger partial charge in [-0.15, -0.1) is 13.2 Å². The van der Waals surface area contributed by atoms with E-state index in [1.54, 1.807) is 0 Å². The van der Waals surface area contributed by atoms with Gasteiger partial charge in [-0.25, -0.2) is 0 Å². The van der Waals surface area contributed by atoms with Crippen molar-refractivity contribution in [3.63, 3.8) is 0 Å². The number of unbranched alkanes of at least 4 members (excludes halogenated alkanes) is 1. The Labute approximate surface area is 131 Å². The highest BCUT2D eigenvalue weighted by molar-refractivity contribution is 9.10. The summed E-state index contributed by atoms with van der Waals surface area (Å²) in [4.78, 5) is 0. The van der Waals surface area contributed by atoms with Crippen LogP contribution in [-0.2, 0) is 0 Å². The van der Waals surface area contributed by atoms with Gasteiger partial charge >= 0.3 is 6.36 Å². The van der Waals surface area contributed by atoms with Crippen LogP contribution >= 0.6 is 15.9 Å². The van der Waals surface area contributed by atoms with E-state index < -0.39 is 6.36 Å². The first kappa shape index (κ1) is 18.1. The zero-order valence-electron chi connectivity index (χ0n) is 12.2. The van der Waals surface area contributed by atoms with Crippen LogP contribution in [0.25, 0.3) is 0 Å². The number of halogens is 4. The van der Waals surface area contributed by atoms with Crippen molar-refractivity contribution in [2.75, 3.05) is 6.61 Å². The molecule has 0 aliphatic heterocycles. The van der Waals surface area contributed by atoms with Crippen LogP contribution in [0.4, 0.5) is 13.2 Å². The predicted octanol–water partition coefficient (Wildman–Crippen LogP) is 5.94. The second-order valence-electron chi connectivity index (χ2n) is 4.87. The molecule has 1 aromatic rings. The third-order valence-electron chi connectivity index (χ3n) is 3.16. The van der Waals surface area contributed by atoms with Crippen molar-refractivity contribution in [1.29, 1.82) is 0 Å². The zero-order valence-corrected chi connectivity index (χ0v) is 13.8. The Balaban J connectivity index is 2.59. The molecular weight excluding hydrogens is 349 g/mol. The van der Waals surface area contributed by atoms with E-state index in [0.717, 1.165) is 25.7 Å². The smallest absolute Gasteiger partial charge is 0.493 e. The third kappa shape index (κ3) is 7.07. The molecule has 21 heavy (non-hydrogen) atoms. The lowest BCUT2D eigenvalue weighted by Gasteiger charge is -2.16. The first-order valence-corrected chi connectivity index (χ1v) is 7.83. The van der Waals surface area contributed by atoms with Crippen molar-refractivity contribution in [2.45, 2.75) is 45.9 Å². The lowest BCUT2D eigenvalue weighted by molar-refractivity contribution is -0.274. The van der Waals surface area contributed by atoms with Crippen LogP contribution in [0.15, 0.2) is 22.7 Å². The molecule has 0 heterocycles. The topological polar surface area (TPSA) is 18.5 Å². The van der Waals surface area contributed by atoms with Gasteiger partial charge in [-0.05, 0) is 46.5 Å². The van der Waals surface area contributed by atoms with Crippen LogP contribution in [0.2, 0.25) is 0 Å². The Bertz CT molecular complexity index is 435. The van der Waals surface area contributed by atoms with E-state index in [0.29, 0.717) is 18.3 Å². The van der Waals surface area contributed by atoms with Crippen molar-refractivity contribution >= 4 is 15.9 Å². The van der Waals surface area contributed by atoms with E-state index in [9.17, 15) is 13.2 Å². The number of ether oxygens (including phenoxy) is 2. The first-order valence-electron chi connectivity index (χ1n) is 7.03. The van der Waals surface area contributed by atoms with Crippen LogP contribution in [0.5, 0.6) is 11.5 Å². The van der Waals surface area contributed by atoms with Crippen LogP contribution in [0.1, 0.15) is 39.5 Å². The highest BCUT2D eigenvalue weighted by atomic mass is 79.9. The monoisotopic (exact) mass is 368 g/mol. The van der Waals surface area contributed by atoms with Gasteiger partial charge in [-0.2, -0.15) is 0 Å². The fourth-order valence-corrected chi connectivity index (χ4v) is 2.33. The zero-order chi connectivity index (χ0) is 15.9. The van der Waals surface area contributed by atoms with E-state index in [1.807, 2.05) is 0 Å². The maximum atomic E-state index is 12.2. The molecule has 0 saturated carbocycles.